The molecule has 2 aromatic rings. The summed E-state index contributed by atoms with van der Waals surface area (Å²) in [6.45, 7) is 6.72. The normalized spacial score (nSPS) is 12.7. The summed E-state index contributed by atoms with van der Waals surface area (Å²) < 4.78 is 2.34. The van der Waals surface area contributed by atoms with Crippen molar-refractivity contribution >= 4 is 0 Å². The van der Waals surface area contributed by atoms with Crippen molar-refractivity contribution in [3.8, 4) is 0 Å². The summed E-state index contributed by atoms with van der Waals surface area (Å²) in [4.78, 5) is 0. The number of hydrogen-bond acceptors (Lipinski definition) is 0. The number of hydrogen-bond donors (Lipinski definition) is 0. The molecule has 1 aromatic carbocycles. The first kappa shape index (κ1) is 12.8. The Balaban J connectivity index is 2.36. The lowest BCUT2D eigenvalue weighted by atomic mass is 10.0. The first-order chi connectivity index (χ1) is 8.72. The zero-order chi connectivity index (χ0) is 13.0. The number of benzene rings is 1. The molecule has 1 heterocycles. The Bertz CT molecular complexity index is 488. The molecule has 1 atom stereocenters. The second-order valence-corrected chi connectivity index (χ2v) is 5.07. The molecule has 2 rings (SSSR count). The van der Waals surface area contributed by atoms with E-state index in [0.717, 1.165) is 6.42 Å². The molecule has 1 unspecified atom stereocenters. The van der Waals surface area contributed by atoms with Gasteiger partial charge in [0.15, 0.2) is 18.4 Å². The van der Waals surface area contributed by atoms with Gasteiger partial charge in [0.1, 0.15) is 0 Å². The third kappa shape index (κ3) is 2.79. The first-order valence-electron chi connectivity index (χ1n) is 6.78. The Hall–Kier alpha value is -1.63. The van der Waals surface area contributed by atoms with E-state index in [9.17, 15) is 0 Å². The van der Waals surface area contributed by atoms with Crippen LogP contribution in [-0.4, -0.2) is 0 Å². The minimum Gasteiger partial charge on any atom is -0.198 e. The van der Waals surface area contributed by atoms with E-state index in [1.807, 2.05) is 0 Å². The molecule has 0 saturated carbocycles. The van der Waals surface area contributed by atoms with Gasteiger partial charge < -0.3 is 0 Å². The molecule has 1 aromatic heterocycles. The number of nitrogens with zero attached hydrogens (tertiary/aromatic N) is 1. The Morgan fingerprint density at radius 3 is 2.22 bits per heavy atom. The molecule has 94 valence electrons. The van der Waals surface area contributed by atoms with E-state index in [2.05, 4.69) is 80.2 Å². The van der Waals surface area contributed by atoms with Crippen LogP contribution >= 0.6 is 0 Å². The molecular formula is C17H22N+. The smallest absolute Gasteiger partial charge is 0.183 e. The molecule has 0 radical (unpaired) electrons. The molecule has 0 bridgehead atoms. The molecule has 0 amide bonds. The molecular weight excluding hydrogens is 218 g/mol. The maximum absolute atomic E-state index is 2.34. The van der Waals surface area contributed by atoms with Crippen molar-refractivity contribution in [2.45, 2.75) is 39.2 Å². The molecule has 0 N–H and O–H groups in total. The van der Waals surface area contributed by atoms with E-state index in [4.69, 9.17) is 0 Å². The topological polar surface area (TPSA) is 3.88 Å². The molecule has 18 heavy (non-hydrogen) atoms. The Morgan fingerprint density at radius 2 is 1.61 bits per heavy atom. The lowest BCUT2D eigenvalue weighted by molar-refractivity contribution is -0.714. The average Bonchev–Trinajstić information content (AvgIpc) is 2.41. The standard InChI is InChI=1S/C17H22N/c1-4-17(15-9-6-5-7-10-15)18-12-8-11-16(13-18)14(2)3/h5-14,17H,4H2,1-3H3/q+1. The van der Waals surface area contributed by atoms with E-state index in [1.54, 1.807) is 0 Å². The van der Waals surface area contributed by atoms with Crippen molar-refractivity contribution in [3.63, 3.8) is 0 Å². The maximum Gasteiger partial charge on any atom is 0.183 e. The molecule has 0 saturated heterocycles. The maximum atomic E-state index is 2.34. The Kier molecular flexibility index (Phi) is 4.14. The van der Waals surface area contributed by atoms with Gasteiger partial charge >= 0.3 is 0 Å². The molecule has 1 nitrogen and oxygen atoms in total. The minimum atomic E-state index is 0.435. The zero-order valence-corrected chi connectivity index (χ0v) is 11.5. The average molecular weight is 240 g/mol. The first-order valence-corrected chi connectivity index (χ1v) is 6.78. The lowest BCUT2D eigenvalue weighted by Gasteiger charge is -2.12. The Morgan fingerprint density at radius 1 is 0.944 bits per heavy atom. The minimum absolute atomic E-state index is 0.435. The highest BCUT2D eigenvalue weighted by molar-refractivity contribution is 5.17. The van der Waals surface area contributed by atoms with Gasteiger partial charge in [-0.05, 0) is 12.0 Å². The van der Waals surface area contributed by atoms with Crippen LogP contribution in [0.4, 0.5) is 0 Å². The lowest BCUT2D eigenvalue weighted by Crippen LogP contribution is -2.39. The number of pyridine rings is 1. The van der Waals surface area contributed by atoms with Crippen LogP contribution in [0.15, 0.2) is 54.9 Å². The third-order valence-corrected chi connectivity index (χ3v) is 3.44. The SMILES string of the molecule is CCC(c1ccccc1)[n+]1cccc(C(C)C)c1. The van der Waals surface area contributed by atoms with Crippen LogP contribution in [0, 0.1) is 0 Å². The second-order valence-electron chi connectivity index (χ2n) is 5.07. The highest BCUT2D eigenvalue weighted by atomic mass is 15.0. The molecule has 0 spiro atoms. The predicted octanol–water partition coefficient (Wildman–Crippen LogP) is 4.10. The van der Waals surface area contributed by atoms with Gasteiger partial charge in [-0.2, -0.15) is 4.57 Å². The van der Waals surface area contributed by atoms with Crippen molar-refractivity contribution in [3.05, 3.63) is 66.0 Å². The Labute approximate surface area is 110 Å². The van der Waals surface area contributed by atoms with Gasteiger partial charge in [0, 0.05) is 23.6 Å². The van der Waals surface area contributed by atoms with Gasteiger partial charge in [0.2, 0.25) is 0 Å². The molecule has 0 fully saturated rings. The van der Waals surface area contributed by atoms with Gasteiger partial charge in [-0.3, -0.25) is 0 Å². The van der Waals surface area contributed by atoms with Crippen LogP contribution in [0.25, 0.3) is 0 Å². The highest BCUT2D eigenvalue weighted by Gasteiger charge is 2.19. The summed E-state index contributed by atoms with van der Waals surface area (Å²) in [5, 5.41) is 0. The van der Waals surface area contributed by atoms with Crippen LogP contribution in [0.5, 0.6) is 0 Å². The summed E-state index contributed by atoms with van der Waals surface area (Å²) in [6, 6.07) is 15.5. The van der Waals surface area contributed by atoms with E-state index < -0.39 is 0 Å². The summed E-state index contributed by atoms with van der Waals surface area (Å²) in [5.74, 6) is 0.575. The van der Waals surface area contributed by atoms with Gasteiger partial charge in [0.05, 0.1) is 0 Å². The quantitative estimate of drug-likeness (QED) is 0.708. The second kappa shape index (κ2) is 5.81. The van der Waals surface area contributed by atoms with E-state index in [0.29, 0.717) is 12.0 Å². The van der Waals surface area contributed by atoms with Crippen LogP contribution in [-0.2, 0) is 0 Å². The van der Waals surface area contributed by atoms with E-state index in [1.165, 1.54) is 11.1 Å². The summed E-state index contributed by atoms with van der Waals surface area (Å²) in [5.41, 5.74) is 2.78. The van der Waals surface area contributed by atoms with Crippen LogP contribution in [0.3, 0.4) is 0 Å². The third-order valence-electron chi connectivity index (χ3n) is 3.44. The van der Waals surface area contributed by atoms with Crippen LogP contribution in [0.1, 0.15) is 50.3 Å². The zero-order valence-electron chi connectivity index (χ0n) is 11.5. The van der Waals surface area contributed by atoms with Gasteiger partial charge in [-0.1, -0.05) is 51.1 Å². The molecule has 1 heteroatoms. The van der Waals surface area contributed by atoms with E-state index in [-0.39, 0.29) is 0 Å². The van der Waals surface area contributed by atoms with Crippen LogP contribution in [0.2, 0.25) is 0 Å². The van der Waals surface area contributed by atoms with Crippen molar-refractivity contribution in [1.82, 2.24) is 0 Å². The number of rotatable bonds is 4. The van der Waals surface area contributed by atoms with Gasteiger partial charge in [0.25, 0.3) is 0 Å². The van der Waals surface area contributed by atoms with Gasteiger partial charge in [-0.15, -0.1) is 0 Å². The predicted molar refractivity (Wildman–Crippen MR) is 75.6 cm³/mol. The summed E-state index contributed by atoms with van der Waals surface area (Å²) >= 11 is 0. The fourth-order valence-electron chi connectivity index (χ4n) is 2.34. The van der Waals surface area contributed by atoms with Gasteiger partial charge in [-0.25, -0.2) is 0 Å². The number of aromatic nitrogens is 1. The molecule has 0 aliphatic carbocycles. The fourth-order valence-corrected chi connectivity index (χ4v) is 2.34. The largest absolute Gasteiger partial charge is 0.198 e. The van der Waals surface area contributed by atoms with Crippen molar-refractivity contribution in [2.24, 2.45) is 0 Å². The van der Waals surface area contributed by atoms with Crippen LogP contribution < -0.4 is 4.57 Å². The highest BCUT2D eigenvalue weighted by Crippen LogP contribution is 2.17. The fraction of sp³-hybridized carbons (Fsp3) is 0.353. The van der Waals surface area contributed by atoms with Crippen molar-refractivity contribution < 1.29 is 4.57 Å². The van der Waals surface area contributed by atoms with Crippen molar-refractivity contribution in [2.75, 3.05) is 0 Å². The molecule has 0 aliphatic heterocycles. The van der Waals surface area contributed by atoms with Crippen molar-refractivity contribution in [1.29, 1.82) is 0 Å². The summed E-state index contributed by atoms with van der Waals surface area (Å²) in [7, 11) is 0. The monoisotopic (exact) mass is 240 g/mol. The summed E-state index contributed by atoms with van der Waals surface area (Å²) in [6.07, 6.45) is 5.56. The van der Waals surface area contributed by atoms with E-state index >= 15 is 0 Å². The molecule has 0 aliphatic rings.